The molecule has 33 heavy (non-hydrogen) atoms. The second-order valence-electron chi connectivity index (χ2n) is 8.58. The second kappa shape index (κ2) is 14.2. The maximum Gasteiger partial charge on any atom is 0.227 e. The number of carbonyl (C=O) groups excluding carboxylic acids is 2. The summed E-state index contributed by atoms with van der Waals surface area (Å²) in [6, 6.07) is 1.21. The number of rotatable bonds is 8. The first kappa shape index (κ1) is 27.2. The van der Waals surface area contributed by atoms with Crippen LogP contribution in [0.2, 0.25) is 0 Å². The van der Waals surface area contributed by atoms with Crippen LogP contribution in [-0.4, -0.2) is 80.8 Å². The number of hydrogen-bond donors (Lipinski definition) is 1. The number of Topliss-reactive ketones (excluding diaryl/α,β-unsaturated/α-hetero) is 2. The Morgan fingerprint density at radius 2 is 1.85 bits per heavy atom. The predicted molar refractivity (Wildman–Crippen MR) is 121 cm³/mol. The Bertz CT molecular complexity index is 808. The van der Waals surface area contributed by atoms with E-state index in [-0.39, 0.29) is 5.75 Å². The van der Waals surface area contributed by atoms with Crippen LogP contribution in [0.1, 0.15) is 38.9 Å². The number of nitrogens with zero attached hydrogens (tertiary/aromatic N) is 1. The number of ether oxygens (including phenoxy) is 3. The molecule has 0 radical (unpaired) electrons. The minimum absolute atomic E-state index is 0.312. The number of aromatic hydroxyl groups is 1. The second-order valence-corrected chi connectivity index (χ2v) is 8.58. The van der Waals surface area contributed by atoms with Crippen molar-refractivity contribution in [3.63, 3.8) is 0 Å². The zero-order valence-electron chi connectivity index (χ0n) is 19.9. The maximum atomic E-state index is 12.0. The molecule has 1 N–H and O–H groups in total. The molecule has 2 heterocycles. The van der Waals surface area contributed by atoms with Crippen LogP contribution in [-0.2, 0) is 30.2 Å². The van der Waals surface area contributed by atoms with E-state index in [0.29, 0.717) is 70.1 Å². The van der Waals surface area contributed by atoms with Crippen LogP contribution in [0.3, 0.4) is 0 Å². The van der Waals surface area contributed by atoms with Crippen LogP contribution in [0.15, 0.2) is 21.5 Å². The summed E-state index contributed by atoms with van der Waals surface area (Å²) in [5, 5.41) is 9.94. The molecule has 2 rings (SSSR count). The zero-order chi connectivity index (χ0) is 24.2. The lowest BCUT2D eigenvalue weighted by Crippen LogP contribution is -2.43. The standard InChI is InChI=1S/C24H37NO8/c1-17-6-11-31-14-9-25(16-22(30-3)23(28)18(2)26)10-15-32-12-7-19(17)4-5-21-24(29)20(27)8-13-33-21/h8,13,17,19,22,29H,4-7,9-12,14-16H2,1-3H3. The van der Waals surface area contributed by atoms with Gasteiger partial charge in [-0.15, -0.1) is 0 Å². The Morgan fingerprint density at radius 3 is 2.48 bits per heavy atom. The fraction of sp³-hybridized carbons (Fsp3) is 0.708. The minimum Gasteiger partial charge on any atom is -0.502 e. The van der Waals surface area contributed by atoms with Gasteiger partial charge in [-0.1, -0.05) is 6.92 Å². The highest BCUT2D eigenvalue weighted by Crippen LogP contribution is 2.26. The van der Waals surface area contributed by atoms with Crippen molar-refractivity contribution in [3.05, 3.63) is 28.3 Å². The molecule has 1 aliphatic heterocycles. The zero-order valence-corrected chi connectivity index (χ0v) is 19.9. The van der Waals surface area contributed by atoms with E-state index in [9.17, 15) is 19.5 Å². The maximum absolute atomic E-state index is 12.0. The summed E-state index contributed by atoms with van der Waals surface area (Å²) < 4.78 is 22.3. The average molecular weight is 468 g/mol. The van der Waals surface area contributed by atoms with Gasteiger partial charge in [0.2, 0.25) is 17.0 Å². The fourth-order valence-electron chi connectivity index (χ4n) is 4.01. The first-order valence-electron chi connectivity index (χ1n) is 11.6. The molecule has 1 fully saturated rings. The Kier molecular flexibility index (Phi) is 11.7. The van der Waals surface area contributed by atoms with Gasteiger partial charge in [-0.2, -0.15) is 0 Å². The predicted octanol–water partition coefficient (Wildman–Crippen LogP) is 1.83. The lowest BCUT2D eigenvalue weighted by atomic mass is 9.85. The highest BCUT2D eigenvalue weighted by Gasteiger charge is 2.25. The molecule has 1 aromatic rings. The molecular weight excluding hydrogens is 430 g/mol. The topological polar surface area (TPSA) is 116 Å². The van der Waals surface area contributed by atoms with Gasteiger partial charge >= 0.3 is 0 Å². The lowest BCUT2D eigenvalue weighted by molar-refractivity contribution is -0.142. The number of hydrogen-bond acceptors (Lipinski definition) is 9. The van der Waals surface area contributed by atoms with Gasteiger partial charge in [0.1, 0.15) is 11.9 Å². The molecule has 0 saturated carbocycles. The minimum atomic E-state index is -0.794. The van der Waals surface area contributed by atoms with E-state index in [2.05, 4.69) is 6.92 Å². The highest BCUT2D eigenvalue weighted by atomic mass is 16.5. The smallest absolute Gasteiger partial charge is 0.227 e. The Balaban J connectivity index is 1.92. The molecule has 0 spiro atoms. The van der Waals surface area contributed by atoms with Crippen molar-refractivity contribution in [2.45, 2.75) is 45.6 Å². The normalized spacial score (nSPS) is 22.5. The molecule has 3 unspecified atom stereocenters. The van der Waals surface area contributed by atoms with Crippen molar-refractivity contribution in [2.24, 2.45) is 11.8 Å². The van der Waals surface area contributed by atoms with Crippen LogP contribution >= 0.6 is 0 Å². The first-order valence-corrected chi connectivity index (χ1v) is 11.6. The highest BCUT2D eigenvalue weighted by molar-refractivity contribution is 6.38. The van der Waals surface area contributed by atoms with Gasteiger partial charge in [-0.25, -0.2) is 0 Å². The summed E-state index contributed by atoms with van der Waals surface area (Å²) in [7, 11) is 1.43. The summed E-state index contributed by atoms with van der Waals surface area (Å²) in [5.41, 5.74) is -0.429. The Hall–Kier alpha value is -2.07. The largest absolute Gasteiger partial charge is 0.502 e. The molecule has 9 nitrogen and oxygen atoms in total. The van der Waals surface area contributed by atoms with E-state index in [1.807, 2.05) is 4.90 Å². The lowest BCUT2D eigenvalue weighted by Gasteiger charge is -2.25. The van der Waals surface area contributed by atoms with Crippen molar-refractivity contribution < 1.29 is 33.3 Å². The van der Waals surface area contributed by atoms with Crippen molar-refractivity contribution in [3.8, 4) is 5.75 Å². The molecular formula is C24H37NO8. The third-order valence-electron chi connectivity index (χ3n) is 6.28. The van der Waals surface area contributed by atoms with Crippen LogP contribution in [0.25, 0.3) is 0 Å². The monoisotopic (exact) mass is 467 g/mol. The van der Waals surface area contributed by atoms with E-state index in [0.717, 1.165) is 19.3 Å². The number of carbonyl (C=O) groups is 2. The number of ketones is 2. The van der Waals surface area contributed by atoms with Gasteiger partial charge in [-0.05, 0) is 31.1 Å². The fourth-order valence-corrected chi connectivity index (χ4v) is 4.01. The molecule has 9 heteroatoms. The van der Waals surface area contributed by atoms with E-state index < -0.39 is 23.1 Å². The van der Waals surface area contributed by atoms with E-state index in [1.54, 1.807) is 0 Å². The van der Waals surface area contributed by atoms with Gasteiger partial charge in [0, 0.05) is 59.4 Å². The van der Waals surface area contributed by atoms with Crippen molar-refractivity contribution >= 4 is 11.6 Å². The summed E-state index contributed by atoms with van der Waals surface area (Å²) in [4.78, 5) is 37.1. The van der Waals surface area contributed by atoms with Gasteiger partial charge in [0.05, 0.1) is 19.5 Å². The molecule has 0 amide bonds. The molecule has 1 aromatic heterocycles. The third-order valence-corrected chi connectivity index (χ3v) is 6.28. The summed E-state index contributed by atoms with van der Waals surface area (Å²) in [6.45, 7) is 7.13. The molecule has 1 aliphatic rings. The van der Waals surface area contributed by atoms with Crippen molar-refractivity contribution in [1.29, 1.82) is 0 Å². The quantitative estimate of drug-likeness (QED) is 0.572. The number of methoxy groups -OCH3 is 1. The molecule has 3 atom stereocenters. The van der Waals surface area contributed by atoms with E-state index >= 15 is 0 Å². The van der Waals surface area contributed by atoms with E-state index in [1.165, 1.54) is 26.4 Å². The molecule has 0 bridgehead atoms. The molecule has 1 saturated heterocycles. The van der Waals surface area contributed by atoms with Gasteiger partial charge < -0.3 is 23.7 Å². The van der Waals surface area contributed by atoms with Crippen LogP contribution in [0.4, 0.5) is 0 Å². The SMILES string of the molecule is COC(CN1CCOCCC(C)C(CCc2occc(=O)c2O)CCOCC1)C(=O)C(C)=O. The molecule has 0 aliphatic carbocycles. The Morgan fingerprint density at radius 1 is 1.18 bits per heavy atom. The third kappa shape index (κ3) is 9.00. The average Bonchev–Trinajstić information content (AvgIpc) is 2.81. The number of aryl methyl sites for hydroxylation is 1. The molecule has 186 valence electrons. The summed E-state index contributed by atoms with van der Waals surface area (Å²) >= 11 is 0. The van der Waals surface area contributed by atoms with Crippen LogP contribution < -0.4 is 5.43 Å². The summed E-state index contributed by atoms with van der Waals surface area (Å²) in [6.07, 6.45) is 3.47. The first-order chi connectivity index (χ1) is 15.8. The molecule has 0 aromatic carbocycles. The summed E-state index contributed by atoms with van der Waals surface area (Å²) in [5.74, 6) is -0.344. The van der Waals surface area contributed by atoms with Gasteiger partial charge in [0.25, 0.3) is 0 Å². The van der Waals surface area contributed by atoms with Crippen LogP contribution in [0, 0.1) is 11.8 Å². The van der Waals surface area contributed by atoms with Crippen LogP contribution in [0.5, 0.6) is 5.75 Å². The van der Waals surface area contributed by atoms with Gasteiger partial charge in [-0.3, -0.25) is 19.3 Å². The van der Waals surface area contributed by atoms with Crippen molar-refractivity contribution in [2.75, 3.05) is 53.2 Å². The van der Waals surface area contributed by atoms with E-state index in [4.69, 9.17) is 18.6 Å². The van der Waals surface area contributed by atoms with Gasteiger partial charge in [0.15, 0.2) is 5.78 Å². The van der Waals surface area contributed by atoms with Crippen molar-refractivity contribution in [1.82, 2.24) is 4.90 Å². The Labute approximate surface area is 195 Å².